The second-order valence-electron chi connectivity index (χ2n) is 4.78. The Hall–Kier alpha value is -0.780. The second kappa shape index (κ2) is 5.71. The normalized spacial score (nSPS) is 22.5. The molecule has 0 aliphatic carbocycles. The van der Waals surface area contributed by atoms with Gasteiger partial charge in [-0.25, -0.2) is 0 Å². The minimum atomic E-state index is -4.75. The van der Waals surface area contributed by atoms with Gasteiger partial charge in [0.1, 0.15) is 0 Å². The molecule has 1 saturated heterocycles. The molecular weight excluding hydrogens is 233 g/mol. The molecule has 0 radical (unpaired) electrons. The average Bonchev–Trinajstić information content (AvgIpc) is 2.23. The van der Waals surface area contributed by atoms with Gasteiger partial charge in [0.05, 0.1) is 0 Å². The van der Waals surface area contributed by atoms with E-state index in [4.69, 9.17) is 0 Å². The lowest BCUT2D eigenvalue weighted by Crippen LogP contribution is -2.40. The maximum Gasteiger partial charge on any atom is 0.471 e. The summed E-state index contributed by atoms with van der Waals surface area (Å²) in [5.74, 6) is -1.35. The van der Waals surface area contributed by atoms with Crippen molar-refractivity contribution < 1.29 is 18.0 Å². The third kappa shape index (κ3) is 4.53. The monoisotopic (exact) mass is 252 g/mol. The van der Waals surface area contributed by atoms with Crippen molar-refractivity contribution in [1.29, 1.82) is 0 Å². The SMILES string of the molecule is CN1CCCC(CCN(C)C(=O)C(F)(F)F)C1. The van der Waals surface area contributed by atoms with E-state index in [-0.39, 0.29) is 6.54 Å². The van der Waals surface area contributed by atoms with Gasteiger partial charge in [0.15, 0.2) is 0 Å². The molecule has 6 heteroatoms. The van der Waals surface area contributed by atoms with Crippen molar-refractivity contribution in [2.75, 3.05) is 33.7 Å². The molecule has 0 bridgehead atoms. The van der Waals surface area contributed by atoms with Gasteiger partial charge in [-0.2, -0.15) is 13.2 Å². The van der Waals surface area contributed by atoms with E-state index in [0.717, 1.165) is 30.8 Å². The quantitative estimate of drug-likeness (QED) is 0.764. The average molecular weight is 252 g/mol. The molecule has 0 aromatic heterocycles. The van der Waals surface area contributed by atoms with Crippen molar-refractivity contribution in [1.82, 2.24) is 9.80 Å². The number of alkyl halides is 3. The number of rotatable bonds is 3. The predicted octanol–water partition coefficient (Wildman–Crippen LogP) is 1.74. The van der Waals surface area contributed by atoms with Crippen LogP contribution in [0.2, 0.25) is 0 Å². The smallest absolute Gasteiger partial charge is 0.338 e. The summed E-state index contributed by atoms with van der Waals surface area (Å²) in [7, 11) is 3.22. The van der Waals surface area contributed by atoms with Crippen LogP contribution in [0.5, 0.6) is 0 Å². The first-order valence-corrected chi connectivity index (χ1v) is 5.81. The summed E-state index contributed by atoms with van der Waals surface area (Å²) in [5, 5.41) is 0. The summed E-state index contributed by atoms with van der Waals surface area (Å²) in [6.07, 6.45) is -1.99. The van der Waals surface area contributed by atoms with Crippen LogP contribution in [0.15, 0.2) is 0 Å². The van der Waals surface area contributed by atoms with Gasteiger partial charge in [-0.05, 0) is 38.8 Å². The Morgan fingerprint density at radius 3 is 2.65 bits per heavy atom. The lowest BCUT2D eigenvalue weighted by molar-refractivity contribution is -0.184. The first kappa shape index (κ1) is 14.3. The largest absolute Gasteiger partial charge is 0.471 e. The van der Waals surface area contributed by atoms with E-state index in [2.05, 4.69) is 4.90 Å². The number of amides is 1. The van der Waals surface area contributed by atoms with Crippen molar-refractivity contribution in [3.63, 3.8) is 0 Å². The number of nitrogens with zero attached hydrogens (tertiary/aromatic N) is 2. The topological polar surface area (TPSA) is 23.6 Å². The summed E-state index contributed by atoms with van der Waals surface area (Å²) >= 11 is 0. The zero-order valence-electron chi connectivity index (χ0n) is 10.3. The molecule has 1 heterocycles. The highest BCUT2D eigenvalue weighted by Gasteiger charge is 2.41. The molecule has 1 aliphatic heterocycles. The Morgan fingerprint density at radius 2 is 2.12 bits per heavy atom. The number of halogens is 3. The predicted molar refractivity (Wildman–Crippen MR) is 58.5 cm³/mol. The first-order valence-electron chi connectivity index (χ1n) is 5.81. The number of hydrogen-bond donors (Lipinski definition) is 0. The first-order chi connectivity index (χ1) is 7.80. The molecule has 1 aliphatic rings. The Kier molecular flexibility index (Phi) is 4.80. The molecule has 0 aromatic carbocycles. The van der Waals surface area contributed by atoms with Crippen LogP contribution in [0.25, 0.3) is 0 Å². The van der Waals surface area contributed by atoms with Crippen LogP contribution in [-0.4, -0.2) is 55.6 Å². The summed E-state index contributed by atoms with van der Waals surface area (Å²) in [5.41, 5.74) is 0. The molecular formula is C11H19F3N2O. The van der Waals surface area contributed by atoms with Crippen LogP contribution in [0.3, 0.4) is 0 Å². The van der Waals surface area contributed by atoms with Gasteiger partial charge >= 0.3 is 12.1 Å². The van der Waals surface area contributed by atoms with Gasteiger partial charge in [0.25, 0.3) is 0 Å². The summed E-state index contributed by atoms with van der Waals surface area (Å²) in [4.78, 5) is 13.8. The number of carbonyl (C=O) groups is 1. The summed E-state index contributed by atoms with van der Waals surface area (Å²) in [6, 6.07) is 0. The lowest BCUT2D eigenvalue weighted by atomic mass is 9.95. The van der Waals surface area contributed by atoms with Crippen molar-refractivity contribution >= 4 is 5.91 Å². The van der Waals surface area contributed by atoms with Crippen LogP contribution >= 0.6 is 0 Å². The van der Waals surface area contributed by atoms with E-state index in [1.54, 1.807) is 0 Å². The van der Waals surface area contributed by atoms with Crippen LogP contribution in [-0.2, 0) is 4.79 Å². The third-order valence-corrected chi connectivity index (χ3v) is 3.18. The minimum Gasteiger partial charge on any atom is -0.338 e. The van der Waals surface area contributed by atoms with Gasteiger partial charge in [-0.3, -0.25) is 4.79 Å². The molecule has 1 rings (SSSR count). The van der Waals surface area contributed by atoms with Crippen molar-refractivity contribution in [2.45, 2.75) is 25.4 Å². The van der Waals surface area contributed by atoms with Gasteiger partial charge < -0.3 is 9.80 Å². The molecule has 0 saturated carbocycles. The highest BCUT2D eigenvalue weighted by Crippen LogP contribution is 2.21. The highest BCUT2D eigenvalue weighted by molar-refractivity contribution is 5.81. The van der Waals surface area contributed by atoms with E-state index in [1.807, 2.05) is 7.05 Å². The van der Waals surface area contributed by atoms with Gasteiger partial charge in [0.2, 0.25) is 0 Å². The van der Waals surface area contributed by atoms with E-state index >= 15 is 0 Å². The maximum absolute atomic E-state index is 12.1. The third-order valence-electron chi connectivity index (χ3n) is 3.18. The van der Waals surface area contributed by atoms with Crippen molar-refractivity contribution in [3.8, 4) is 0 Å². The standard InChI is InChI=1S/C11H19F3N2O/c1-15-6-3-4-9(8-15)5-7-16(2)10(17)11(12,13)14/h9H,3-8H2,1-2H3. The summed E-state index contributed by atoms with van der Waals surface area (Å²) in [6.45, 7) is 2.14. The molecule has 0 N–H and O–H groups in total. The zero-order valence-corrected chi connectivity index (χ0v) is 10.3. The molecule has 3 nitrogen and oxygen atoms in total. The number of carbonyl (C=O) groups excluding carboxylic acids is 1. The van der Waals surface area contributed by atoms with E-state index in [1.165, 1.54) is 7.05 Å². The molecule has 0 aromatic rings. The van der Waals surface area contributed by atoms with Gasteiger partial charge in [0, 0.05) is 20.1 Å². The molecule has 1 unspecified atom stereocenters. The number of piperidine rings is 1. The Morgan fingerprint density at radius 1 is 1.47 bits per heavy atom. The Balaban J connectivity index is 2.32. The molecule has 17 heavy (non-hydrogen) atoms. The van der Waals surface area contributed by atoms with E-state index < -0.39 is 12.1 Å². The minimum absolute atomic E-state index is 0.177. The van der Waals surface area contributed by atoms with E-state index in [9.17, 15) is 18.0 Å². The van der Waals surface area contributed by atoms with E-state index in [0.29, 0.717) is 12.3 Å². The molecule has 1 amide bonds. The fourth-order valence-corrected chi connectivity index (χ4v) is 2.20. The molecule has 0 spiro atoms. The van der Waals surface area contributed by atoms with Crippen molar-refractivity contribution in [3.05, 3.63) is 0 Å². The zero-order chi connectivity index (χ0) is 13.1. The molecule has 100 valence electrons. The van der Waals surface area contributed by atoms with Crippen LogP contribution in [0.4, 0.5) is 13.2 Å². The van der Waals surface area contributed by atoms with Gasteiger partial charge in [-0.15, -0.1) is 0 Å². The van der Waals surface area contributed by atoms with Crippen LogP contribution in [0.1, 0.15) is 19.3 Å². The highest BCUT2D eigenvalue weighted by atomic mass is 19.4. The number of hydrogen-bond acceptors (Lipinski definition) is 2. The Bertz CT molecular complexity index is 268. The fourth-order valence-electron chi connectivity index (χ4n) is 2.20. The van der Waals surface area contributed by atoms with Crippen LogP contribution in [0, 0.1) is 5.92 Å². The fraction of sp³-hybridized carbons (Fsp3) is 0.909. The molecule has 1 atom stereocenters. The van der Waals surface area contributed by atoms with Gasteiger partial charge in [-0.1, -0.05) is 0 Å². The van der Waals surface area contributed by atoms with Crippen molar-refractivity contribution in [2.24, 2.45) is 5.92 Å². The molecule has 1 fully saturated rings. The maximum atomic E-state index is 12.1. The second-order valence-corrected chi connectivity index (χ2v) is 4.78. The summed E-state index contributed by atoms with van der Waals surface area (Å²) < 4.78 is 36.4. The Labute approximate surface area is 99.6 Å². The lowest BCUT2D eigenvalue weighted by Gasteiger charge is -2.30. The number of likely N-dealkylation sites (tertiary alicyclic amines) is 1. The van der Waals surface area contributed by atoms with Crippen LogP contribution < -0.4 is 0 Å².